The van der Waals surface area contributed by atoms with E-state index in [2.05, 4.69) is 4.74 Å². The molecular formula is C6H7F3O4. The minimum absolute atomic E-state index is 0.413. The van der Waals surface area contributed by atoms with Gasteiger partial charge < -0.3 is 9.84 Å². The summed E-state index contributed by atoms with van der Waals surface area (Å²) in [5, 5.41) is 8.12. The van der Waals surface area contributed by atoms with Crippen LogP contribution in [0, 0.1) is 0 Å². The number of carbonyl (C=O) groups excluding carboxylic acids is 2. The van der Waals surface area contributed by atoms with Crippen LogP contribution in [0.2, 0.25) is 0 Å². The summed E-state index contributed by atoms with van der Waals surface area (Å²) < 4.78 is 38.6. The van der Waals surface area contributed by atoms with Crippen molar-refractivity contribution in [3.05, 3.63) is 0 Å². The molecule has 4 nitrogen and oxygen atoms in total. The van der Waals surface area contributed by atoms with Crippen LogP contribution >= 0.6 is 0 Å². The first-order valence-corrected chi connectivity index (χ1v) is 3.24. The molecule has 0 aromatic rings. The number of aliphatic hydroxyl groups excluding tert-OH is 1. The van der Waals surface area contributed by atoms with Crippen molar-refractivity contribution in [2.45, 2.75) is 12.6 Å². The molecule has 0 bridgehead atoms. The van der Waals surface area contributed by atoms with Crippen LogP contribution in [0.15, 0.2) is 0 Å². The van der Waals surface area contributed by atoms with E-state index in [1.54, 1.807) is 0 Å². The lowest BCUT2D eigenvalue weighted by atomic mass is 10.3. The normalized spacial score (nSPS) is 11.1. The summed E-state index contributed by atoms with van der Waals surface area (Å²) in [5.41, 5.74) is 0. The van der Waals surface area contributed by atoms with Crippen LogP contribution in [0.3, 0.4) is 0 Å². The largest absolute Gasteiger partial charge is 0.463 e. The van der Waals surface area contributed by atoms with Crippen molar-refractivity contribution in [2.24, 2.45) is 0 Å². The molecular weight excluding hydrogens is 193 g/mol. The molecule has 0 heterocycles. The third-order valence-corrected chi connectivity index (χ3v) is 0.975. The Labute approximate surface area is 71.3 Å². The number of Topliss-reactive ketones (excluding diaryl/α,β-unsaturated/α-hetero) is 1. The summed E-state index contributed by atoms with van der Waals surface area (Å²) in [6, 6.07) is 0. The standard InChI is InChI=1S/C6H7F3O4/c7-6(8,9)4(11)3-5(12)13-2-1-10/h10H,1-3H2. The van der Waals surface area contributed by atoms with E-state index < -0.39 is 37.6 Å². The van der Waals surface area contributed by atoms with Crippen molar-refractivity contribution < 1.29 is 32.6 Å². The molecule has 1 N–H and O–H groups in total. The van der Waals surface area contributed by atoms with Gasteiger partial charge in [0.15, 0.2) is 0 Å². The van der Waals surface area contributed by atoms with Crippen LogP contribution in [0.4, 0.5) is 13.2 Å². The molecule has 0 rings (SSSR count). The fourth-order valence-electron chi connectivity index (χ4n) is 0.442. The molecule has 0 spiro atoms. The molecule has 0 aromatic heterocycles. The average Bonchev–Trinajstić information content (AvgIpc) is 1.99. The Bertz CT molecular complexity index is 199. The fraction of sp³-hybridized carbons (Fsp3) is 0.667. The molecule has 0 aromatic carbocycles. The van der Waals surface area contributed by atoms with Gasteiger partial charge in [-0.2, -0.15) is 13.2 Å². The van der Waals surface area contributed by atoms with E-state index in [-0.39, 0.29) is 0 Å². The van der Waals surface area contributed by atoms with Gasteiger partial charge in [0.2, 0.25) is 5.78 Å². The summed E-state index contributed by atoms with van der Waals surface area (Å²) in [6.45, 7) is -0.907. The van der Waals surface area contributed by atoms with E-state index in [0.717, 1.165) is 0 Å². The number of aliphatic hydroxyl groups is 1. The molecule has 0 fully saturated rings. The first-order chi connectivity index (χ1) is 5.88. The molecule has 13 heavy (non-hydrogen) atoms. The predicted octanol–water partition coefficient (Wildman–Crippen LogP) is 0.0434. The molecule has 0 saturated carbocycles. The highest BCUT2D eigenvalue weighted by atomic mass is 19.4. The second-order valence-corrected chi connectivity index (χ2v) is 2.04. The Kier molecular flexibility index (Phi) is 4.39. The number of esters is 1. The second kappa shape index (κ2) is 4.80. The van der Waals surface area contributed by atoms with E-state index in [9.17, 15) is 22.8 Å². The minimum Gasteiger partial charge on any atom is -0.463 e. The maximum absolute atomic E-state index is 11.5. The lowest BCUT2D eigenvalue weighted by Gasteiger charge is -2.04. The van der Waals surface area contributed by atoms with Crippen molar-refractivity contribution in [1.82, 2.24) is 0 Å². The third-order valence-electron chi connectivity index (χ3n) is 0.975. The Hall–Kier alpha value is -1.11. The van der Waals surface area contributed by atoms with E-state index in [0.29, 0.717) is 0 Å². The SMILES string of the molecule is O=C(CC(=O)C(F)(F)F)OCCO. The van der Waals surface area contributed by atoms with Gasteiger partial charge in [-0.1, -0.05) is 0 Å². The number of ether oxygens (including phenoxy) is 1. The number of rotatable bonds is 4. The van der Waals surface area contributed by atoms with Gasteiger partial charge in [-0.15, -0.1) is 0 Å². The molecule has 0 atom stereocenters. The van der Waals surface area contributed by atoms with Gasteiger partial charge in [0.1, 0.15) is 13.0 Å². The van der Waals surface area contributed by atoms with E-state index in [1.807, 2.05) is 0 Å². The molecule has 0 amide bonds. The Morgan fingerprint density at radius 3 is 2.23 bits per heavy atom. The lowest BCUT2D eigenvalue weighted by molar-refractivity contribution is -0.174. The molecule has 0 aliphatic carbocycles. The van der Waals surface area contributed by atoms with Gasteiger partial charge in [-0.25, -0.2) is 0 Å². The Balaban J connectivity index is 3.86. The van der Waals surface area contributed by atoms with Crippen LogP contribution in [0.1, 0.15) is 6.42 Å². The van der Waals surface area contributed by atoms with Crippen LogP contribution in [0.5, 0.6) is 0 Å². The van der Waals surface area contributed by atoms with Gasteiger partial charge in [-0.3, -0.25) is 9.59 Å². The summed E-state index contributed by atoms with van der Waals surface area (Å²) in [5.74, 6) is -3.45. The van der Waals surface area contributed by atoms with Crippen molar-refractivity contribution >= 4 is 11.8 Å². The highest BCUT2D eigenvalue weighted by molar-refractivity contribution is 5.98. The maximum Gasteiger partial charge on any atom is 0.450 e. The third kappa shape index (κ3) is 5.18. The van der Waals surface area contributed by atoms with Gasteiger partial charge >= 0.3 is 12.1 Å². The molecule has 0 saturated heterocycles. The number of halogens is 3. The van der Waals surface area contributed by atoms with Crippen LogP contribution in [-0.2, 0) is 14.3 Å². The smallest absolute Gasteiger partial charge is 0.450 e. The molecule has 0 aliphatic heterocycles. The van der Waals surface area contributed by atoms with E-state index in [1.165, 1.54) is 0 Å². The average molecular weight is 200 g/mol. The number of ketones is 1. The molecule has 7 heteroatoms. The molecule has 0 aliphatic rings. The topological polar surface area (TPSA) is 63.6 Å². The minimum atomic E-state index is -5.02. The summed E-state index contributed by atoms with van der Waals surface area (Å²) in [6.07, 6.45) is -6.36. The molecule has 0 radical (unpaired) electrons. The monoisotopic (exact) mass is 200 g/mol. The highest BCUT2D eigenvalue weighted by Crippen LogP contribution is 2.17. The zero-order valence-corrected chi connectivity index (χ0v) is 6.43. The second-order valence-electron chi connectivity index (χ2n) is 2.04. The number of alkyl halides is 3. The van der Waals surface area contributed by atoms with Crippen LogP contribution < -0.4 is 0 Å². The Morgan fingerprint density at radius 2 is 1.85 bits per heavy atom. The summed E-state index contributed by atoms with van der Waals surface area (Å²) in [4.78, 5) is 20.6. The van der Waals surface area contributed by atoms with Gasteiger partial charge in [0, 0.05) is 0 Å². The number of hydrogen-bond donors (Lipinski definition) is 1. The van der Waals surface area contributed by atoms with Crippen LogP contribution in [0.25, 0.3) is 0 Å². The van der Waals surface area contributed by atoms with E-state index >= 15 is 0 Å². The zero-order chi connectivity index (χ0) is 10.5. The van der Waals surface area contributed by atoms with Crippen molar-refractivity contribution in [2.75, 3.05) is 13.2 Å². The lowest BCUT2D eigenvalue weighted by Crippen LogP contribution is -2.26. The van der Waals surface area contributed by atoms with Crippen molar-refractivity contribution in [3.63, 3.8) is 0 Å². The van der Waals surface area contributed by atoms with Gasteiger partial charge in [0.25, 0.3) is 0 Å². The predicted molar refractivity (Wildman–Crippen MR) is 33.7 cm³/mol. The van der Waals surface area contributed by atoms with E-state index in [4.69, 9.17) is 5.11 Å². The van der Waals surface area contributed by atoms with Crippen LogP contribution in [-0.4, -0.2) is 36.2 Å². The molecule has 0 unspecified atom stereocenters. The number of carbonyl (C=O) groups is 2. The summed E-state index contributed by atoms with van der Waals surface area (Å²) >= 11 is 0. The summed E-state index contributed by atoms with van der Waals surface area (Å²) in [7, 11) is 0. The highest BCUT2D eigenvalue weighted by Gasteiger charge is 2.39. The number of hydrogen-bond acceptors (Lipinski definition) is 4. The maximum atomic E-state index is 11.5. The zero-order valence-electron chi connectivity index (χ0n) is 6.43. The molecule has 76 valence electrons. The van der Waals surface area contributed by atoms with Gasteiger partial charge in [0.05, 0.1) is 6.61 Å². The first-order valence-electron chi connectivity index (χ1n) is 3.24. The first kappa shape index (κ1) is 11.9. The van der Waals surface area contributed by atoms with Gasteiger partial charge in [-0.05, 0) is 0 Å². The van der Waals surface area contributed by atoms with Crippen molar-refractivity contribution in [1.29, 1.82) is 0 Å². The van der Waals surface area contributed by atoms with Crippen molar-refractivity contribution in [3.8, 4) is 0 Å². The fourth-order valence-corrected chi connectivity index (χ4v) is 0.442. The Morgan fingerprint density at radius 1 is 1.31 bits per heavy atom. The quantitative estimate of drug-likeness (QED) is 0.514.